The molecular weight excluding hydrogens is 728 g/mol. The van der Waals surface area contributed by atoms with E-state index >= 15 is 0 Å². The molecule has 0 saturated carbocycles. The van der Waals surface area contributed by atoms with Gasteiger partial charge in [0, 0.05) is 21.1 Å². The third-order valence-electron chi connectivity index (χ3n) is 0. The molecular formula is N8O24TiW-4. The summed E-state index contributed by atoms with van der Waals surface area (Å²) >= 11 is 0. The van der Waals surface area contributed by atoms with Crippen molar-refractivity contribution in [3.05, 3.63) is 123 Å². The first-order valence-electron chi connectivity index (χ1n) is 4.38. The molecule has 0 atom stereocenters. The zero-order chi connectivity index (χ0) is 28.6. The largest absolute Gasteiger partial charge is 4.00 e. The van der Waals surface area contributed by atoms with Gasteiger partial charge in [0.25, 0.3) is 0 Å². The topological polar surface area (TPSA) is 530 Å². The second kappa shape index (κ2) is 56.5. The van der Waals surface area contributed by atoms with Gasteiger partial charge in [-0.05, 0) is 0 Å². The number of hydrogen-bond acceptors (Lipinski definition) is 24. The quantitative estimate of drug-likeness (QED) is 0.149. The smallest absolute Gasteiger partial charge is 0.356 e. The van der Waals surface area contributed by atoms with E-state index in [0.717, 1.165) is 0 Å². The van der Waals surface area contributed by atoms with Gasteiger partial charge in [0.15, 0.2) is 0 Å². The Bertz CT molecular complexity index is 367. The van der Waals surface area contributed by atoms with Crippen LogP contribution in [0.3, 0.4) is 0 Å². The average Bonchev–Trinajstić information content (AvgIpc) is 2.30. The van der Waals surface area contributed by atoms with Crippen molar-refractivity contribution in [3.63, 3.8) is 0 Å². The van der Waals surface area contributed by atoms with Gasteiger partial charge in [0.2, 0.25) is 0 Å². The van der Waals surface area contributed by atoms with Crippen molar-refractivity contribution >= 4 is 0 Å². The Morgan fingerprint density at radius 1 is 0.235 bits per heavy atom. The molecule has 0 aromatic carbocycles. The van der Waals surface area contributed by atoms with Gasteiger partial charge in [-0.15, -0.1) is 0 Å². The molecule has 0 radical (unpaired) electrons. The Morgan fingerprint density at radius 3 is 0.235 bits per heavy atom. The molecule has 198 valence electrons. The van der Waals surface area contributed by atoms with Gasteiger partial charge in [-0.25, -0.2) is 0 Å². The van der Waals surface area contributed by atoms with Crippen LogP contribution in [0.4, 0.5) is 0 Å². The van der Waals surface area contributed by atoms with Crippen LogP contribution in [0.25, 0.3) is 0 Å². The van der Waals surface area contributed by atoms with E-state index in [4.69, 9.17) is 123 Å². The van der Waals surface area contributed by atoms with E-state index in [1.54, 1.807) is 0 Å². The van der Waals surface area contributed by atoms with Crippen molar-refractivity contribution in [1.82, 2.24) is 0 Å². The number of nitrogens with zero attached hydrogens (tertiary/aromatic N) is 8. The Morgan fingerprint density at radius 2 is 0.235 bits per heavy atom. The van der Waals surface area contributed by atoms with E-state index in [0.29, 0.717) is 0 Å². The van der Waals surface area contributed by atoms with Crippen LogP contribution in [-0.2, 0) is 42.8 Å². The minimum absolute atomic E-state index is 0. The molecule has 32 nitrogen and oxygen atoms in total. The van der Waals surface area contributed by atoms with E-state index in [-0.39, 0.29) is 42.8 Å². The maximum absolute atomic E-state index is 8.25. The van der Waals surface area contributed by atoms with Crippen molar-refractivity contribution in [1.29, 1.82) is 0 Å². The SMILES string of the molecule is O=[N+]([O-])[O-].O=[N+]([O-])[O-].O=[N+]([O-])[O-].O=[N+]([O-])[O-].O=[N+]([O-])[O-].O=[N+]([O-])[O-].O=[N+]([O-])[O-].O=[N+]([O-])[O-].[Ti+4].[W]. The molecule has 0 fully saturated rings. The van der Waals surface area contributed by atoms with Crippen LogP contribution in [-0.4, -0.2) is 40.7 Å². The molecule has 0 aliphatic heterocycles. The van der Waals surface area contributed by atoms with E-state index in [1.807, 2.05) is 0 Å². The Labute approximate surface area is 206 Å². The van der Waals surface area contributed by atoms with Crippen molar-refractivity contribution in [2.75, 3.05) is 0 Å². The summed E-state index contributed by atoms with van der Waals surface area (Å²) in [5, 5.41) is 118. The molecule has 0 spiro atoms. The molecule has 0 N–H and O–H groups in total. The van der Waals surface area contributed by atoms with Crippen LogP contribution < -0.4 is 0 Å². The van der Waals surface area contributed by atoms with E-state index in [1.165, 1.54) is 0 Å². The van der Waals surface area contributed by atoms with E-state index < -0.39 is 40.7 Å². The van der Waals surface area contributed by atoms with E-state index in [2.05, 4.69) is 0 Å². The monoisotopic (exact) mass is 728 g/mol. The molecule has 0 aliphatic rings. The molecule has 0 bridgehead atoms. The Balaban J connectivity index is -0.0000000240. The van der Waals surface area contributed by atoms with Crippen LogP contribution in [0.15, 0.2) is 0 Å². The third-order valence-corrected chi connectivity index (χ3v) is 0. The number of hydrogen-bond donors (Lipinski definition) is 0. The first-order chi connectivity index (χ1) is 13.9. The maximum Gasteiger partial charge on any atom is 4.00 e. The minimum atomic E-state index is -1.75. The second-order valence-electron chi connectivity index (χ2n) is 1.79. The van der Waals surface area contributed by atoms with Gasteiger partial charge in [-0.3, -0.25) is 0 Å². The van der Waals surface area contributed by atoms with Gasteiger partial charge in [-0.1, -0.05) is 0 Å². The summed E-state index contributed by atoms with van der Waals surface area (Å²) in [5.74, 6) is 0. The Hall–Kier alpha value is -5.00. The van der Waals surface area contributed by atoms with Crippen LogP contribution in [0.5, 0.6) is 0 Å². The fourth-order valence-corrected chi connectivity index (χ4v) is 0. The van der Waals surface area contributed by atoms with Gasteiger partial charge < -0.3 is 123 Å². The van der Waals surface area contributed by atoms with Crippen molar-refractivity contribution < 1.29 is 83.5 Å². The summed E-state index contributed by atoms with van der Waals surface area (Å²) in [5.41, 5.74) is 0. The molecule has 0 rings (SSSR count). The molecule has 0 aromatic heterocycles. The van der Waals surface area contributed by atoms with Crippen LogP contribution in [0.1, 0.15) is 0 Å². The van der Waals surface area contributed by atoms with Crippen LogP contribution in [0, 0.1) is 123 Å². The zero-order valence-corrected chi connectivity index (χ0v) is 18.8. The van der Waals surface area contributed by atoms with Crippen molar-refractivity contribution in [2.45, 2.75) is 0 Å². The minimum Gasteiger partial charge on any atom is -0.356 e. The summed E-state index contributed by atoms with van der Waals surface area (Å²) in [6.07, 6.45) is 0. The predicted molar refractivity (Wildman–Crippen MR) is 82.9 cm³/mol. The summed E-state index contributed by atoms with van der Waals surface area (Å²) in [7, 11) is 0. The first kappa shape index (κ1) is 63.0. The van der Waals surface area contributed by atoms with Crippen molar-refractivity contribution in [3.8, 4) is 0 Å². The van der Waals surface area contributed by atoms with Gasteiger partial charge in [0.05, 0.1) is 40.7 Å². The summed E-state index contributed by atoms with van der Waals surface area (Å²) < 4.78 is 0. The molecule has 0 saturated heterocycles. The summed E-state index contributed by atoms with van der Waals surface area (Å²) in [6.45, 7) is 0. The number of rotatable bonds is 0. The van der Waals surface area contributed by atoms with Crippen LogP contribution in [0.2, 0.25) is 0 Å². The molecule has 34 heteroatoms. The van der Waals surface area contributed by atoms with E-state index in [9.17, 15) is 0 Å². The van der Waals surface area contributed by atoms with Gasteiger partial charge in [-0.2, -0.15) is 0 Å². The molecule has 0 aromatic rings. The molecule has 0 heterocycles. The maximum atomic E-state index is 8.25. The second-order valence-corrected chi connectivity index (χ2v) is 1.79. The third kappa shape index (κ3) is 731. The van der Waals surface area contributed by atoms with Crippen molar-refractivity contribution in [2.24, 2.45) is 0 Å². The molecule has 34 heavy (non-hydrogen) atoms. The Kier molecular flexibility index (Phi) is 105. The van der Waals surface area contributed by atoms with Gasteiger partial charge in [0.1, 0.15) is 0 Å². The standard InChI is InChI=1S/8NO3.Ti.W/c8*2-1(3)4;;/q8*-1;+4;. The molecule has 0 aliphatic carbocycles. The summed E-state index contributed by atoms with van der Waals surface area (Å²) in [4.78, 5) is 66.0. The normalized spacial score (nSPS) is 5.65. The molecule has 0 amide bonds. The molecule has 0 unspecified atom stereocenters. The zero-order valence-electron chi connectivity index (χ0n) is 14.3. The van der Waals surface area contributed by atoms with Crippen LogP contribution >= 0.6 is 0 Å². The predicted octanol–water partition coefficient (Wildman–Crippen LogP) is -1.92. The fraction of sp³-hybridized carbons (Fsp3) is 0. The first-order valence-corrected chi connectivity index (χ1v) is 4.38. The van der Waals surface area contributed by atoms with Gasteiger partial charge >= 0.3 is 21.7 Å². The average molecular weight is 728 g/mol. The summed E-state index contributed by atoms with van der Waals surface area (Å²) in [6, 6.07) is 0. The fourth-order valence-electron chi connectivity index (χ4n) is 0.